The minimum atomic E-state index is -2.09. The fraction of sp³-hybridized carbons (Fsp3) is 0.700. The predicted octanol–water partition coefficient (Wildman–Crippen LogP) is 4.11. The van der Waals surface area contributed by atoms with Crippen molar-refractivity contribution in [3.63, 3.8) is 0 Å². The SMILES string of the molecule is CO[C@H]1CCCC[C@@H](c2ccc(C)cc2)OC(=O)[C@@H](C)[C@@]2(O)O[C@H]([C@@H](C)[C@H](O)[C@H]2OC)[C@@H](C)/C=C/[C@H]1OC. The molecule has 2 aliphatic heterocycles. The molecule has 1 aromatic carbocycles. The number of cyclic esters (lactones) is 1. The Morgan fingerprint density at radius 3 is 2.21 bits per heavy atom. The number of hydrogen-bond acceptors (Lipinski definition) is 8. The summed E-state index contributed by atoms with van der Waals surface area (Å²) in [6.07, 6.45) is 3.28. The maximum Gasteiger partial charge on any atom is 0.314 e. The van der Waals surface area contributed by atoms with Crippen LogP contribution in [0, 0.1) is 24.7 Å². The highest BCUT2D eigenvalue weighted by Gasteiger charge is 2.58. The van der Waals surface area contributed by atoms with Crippen LogP contribution in [0.25, 0.3) is 0 Å². The Labute approximate surface area is 227 Å². The number of aryl methyl sites for hydroxylation is 1. The van der Waals surface area contributed by atoms with E-state index < -0.39 is 42.1 Å². The zero-order chi connectivity index (χ0) is 28.0. The number of benzene rings is 1. The van der Waals surface area contributed by atoms with Gasteiger partial charge in [0.25, 0.3) is 0 Å². The maximum atomic E-state index is 13.5. The molecule has 8 heteroatoms. The van der Waals surface area contributed by atoms with Crippen LogP contribution in [0.1, 0.15) is 63.7 Å². The smallest absolute Gasteiger partial charge is 0.314 e. The normalized spacial score (nSPS) is 40.3. The largest absolute Gasteiger partial charge is 0.457 e. The Hall–Kier alpha value is -1.81. The van der Waals surface area contributed by atoms with Gasteiger partial charge in [0.15, 0.2) is 0 Å². The molecule has 38 heavy (non-hydrogen) atoms. The first-order chi connectivity index (χ1) is 18.1. The van der Waals surface area contributed by atoms with Gasteiger partial charge in [-0.3, -0.25) is 4.79 Å². The number of ether oxygens (including phenoxy) is 5. The third kappa shape index (κ3) is 6.66. The molecule has 0 amide bonds. The fourth-order valence-corrected chi connectivity index (χ4v) is 5.68. The Bertz CT molecular complexity index is 917. The van der Waals surface area contributed by atoms with E-state index in [2.05, 4.69) is 0 Å². The van der Waals surface area contributed by atoms with Crippen LogP contribution in [0.15, 0.2) is 36.4 Å². The Morgan fingerprint density at radius 1 is 0.947 bits per heavy atom. The van der Waals surface area contributed by atoms with Crippen LogP contribution in [0.5, 0.6) is 0 Å². The van der Waals surface area contributed by atoms with Gasteiger partial charge < -0.3 is 33.9 Å². The lowest BCUT2D eigenvalue weighted by atomic mass is 9.78. The van der Waals surface area contributed by atoms with Crippen LogP contribution in [-0.2, 0) is 28.5 Å². The molecule has 3 rings (SSSR count). The molecular formula is C30H46O8. The van der Waals surface area contributed by atoms with Gasteiger partial charge in [-0.05, 0) is 38.7 Å². The quantitative estimate of drug-likeness (QED) is 0.439. The van der Waals surface area contributed by atoms with Gasteiger partial charge in [0.1, 0.15) is 24.2 Å². The van der Waals surface area contributed by atoms with Crippen molar-refractivity contribution >= 4 is 5.97 Å². The maximum absolute atomic E-state index is 13.5. The molecule has 1 saturated heterocycles. The molecule has 2 bridgehead atoms. The van der Waals surface area contributed by atoms with Crippen molar-refractivity contribution < 1.29 is 38.7 Å². The Kier molecular flexibility index (Phi) is 10.9. The molecule has 1 aromatic rings. The molecule has 0 saturated carbocycles. The van der Waals surface area contributed by atoms with Gasteiger partial charge in [-0.1, -0.05) is 62.2 Å². The topological polar surface area (TPSA) is 104 Å². The number of carbonyl (C=O) groups is 1. The lowest BCUT2D eigenvalue weighted by molar-refractivity contribution is -0.360. The second-order valence-corrected chi connectivity index (χ2v) is 10.9. The highest BCUT2D eigenvalue weighted by molar-refractivity contribution is 5.73. The molecule has 0 radical (unpaired) electrons. The lowest BCUT2D eigenvalue weighted by Crippen LogP contribution is -2.66. The molecule has 0 aliphatic carbocycles. The summed E-state index contributed by atoms with van der Waals surface area (Å²) >= 11 is 0. The van der Waals surface area contributed by atoms with Gasteiger partial charge in [0.05, 0.1) is 18.3 Å². The summed E-state index contributed by atoms with van der Waals surface area (Å²) in [7, 11) is 4.73. The number of methoxy groups -OCH3 is 3. The van der Waals surface area contributed by atoms with Crippen LogP contribution in [-0.4, -0.2) is 73.8 Å². The van der Waals surface area contributed by atoms with Gasteiger partial charge in [-0.25, -0.2) is 0 Å². The summed E-state index contributed by atoms with van der Waals surface area (Å²) in [5, 5.41) is 23.0. The van der Waals surface area contributed by atoms with E-state index in [1.807, 2.05) is 57.2 Å². The average molecular weight is 535 g/mol. The highest BCUT2D eigenvalue weighted by Crippen LogP contribution is 2.42. The van der Waals surface area contributed by atoms with Crippen LogP contribution in [0.4, 0.5) is 0 Å². The summed E-state index contributed by atoms with van der Waals surface area (Å²) in [4.78, 5) is 13.5. The van der Waals surface area contributed by atoms with Crippen molar-refractivity contribution in [2.24, 2.45) is 17.8 Å². The number of fused-ring (bicyclic) bond motifs is 2. The predicted molar refractivity (Wildman–Crippen MR) is 143 cm³/mol. The Balaban J connectivity index is 2.01. The van der Waals surface area contributed by atoms with E-state index in [0.29, 0.717) is 6.42 Å². The third-order valence-electron chi connectivity index (χ3n) is 8.30. The van der Waals surface area contributed by atoms with Gasteiger partial charge in [0.2, 0.25) is 5.79 Å². The van der Waals surface area contributed by atoms with Gasteiger partial charge in [-0.2, -0.15) is 0 Å². The third-order valence-corrected chi connectivity index (χ3v) is 8.30. The molecular weight excluding hydrogens is 488 g/mol. The van der Waals surface area contributed by atoms with Gasteiger partial charge in [-0.15, -0.1) is 0 Å². The molecule has 214 valence electrons. The first-order valence-electron chi connectivity index (χ1n) is 13.7. The van der Waals surface area contributed by atoms with Crippen molar-refractivity contribution in [3.05, 3.63) is 47.5 Å². The van der Waals surface area contributed by atoms with E-state index >= 15 is 0 Å². The zero-order valence-corrected chi connectivity index (χ0v) is 23.8. The average Bonchev–Trinajstić information content (AvgIpc) is 2.90. The molecule has 10 atom stereocenters. The van der Waals surface area contributed by atoms with E-state index in [-0.39, 0.29) is 24.0 Å². The minimum absolute atomic E-state index is 0.151. The second-order valence-electron chi connectivity index (χ2n) is 10.9. The van der Waals surface area contributed by atoms with E-state index in [1.54, 1.807) is 21.1 Å². The first kappa shape index (κ1) is 30.7. The molecule has 0 spiro atoms. The molecule has 8 nitrogen and oxygen atoms in total. The molecule has 2 N–H and O–H groups in total. The minimum Gasteiger partial charge on any atom is -0.457 e. The number of esters is 1. The van der Waals surface area contributed by atoms with Crippen molar-refractivity contribution in [3.8, 4) is 0 Å². The number of hydrogen-bond donors (Lipinski definition) is 2. The summed E-state index contributed by atoms with van der Waals surface area (Å²) in [5.41, 5.74) is 2.00. The van der Waals surface area contributed by atoms with Crippen molar-refractivity contribution in [2.75, 3.05) is 21.3 Å². The monoisotopic (exact) mass is 534 g/mol. The lowest BCUT2D eigenvalue weighted by Gasteiger charge is -2.51. The summed E-state index contributed by atoms with van der Waals surface area (Å²) < 4.78 is 29.4. The molecule has 2 aliphatic rings. The van der Waals surface area contributed by atoms with Gasteiger partial charge in [0, 0.05) is 33.2 Å². The van der Waals surface area contributed by atoms with Crippen LogP contribution in [0.3, 0.4) is 0 Å². The number of rotatable bonds is 4. The van der Waals surface area contributed by atoms with E-state index in [4.69, 9.17) is 23.7 Å². The summed E-state index contributed by atoms with van der Waals surface area (Å²) in [5.74, 6) is -4.39. The van der Waals surface area contributed by atoms with Crippen molar-refractivity contribution in [2.45, 2.75) is 95.8 Å². The molecule has 2 heterocycles. The first-order valence-corrected chi connectivity index (χ1v) is 13.7. The number of carbonyl (C=O) groups excluding carboxylic acids is 1. The standard InChI is InChI=1S/C30H46O8/c1-18-12-15-22(16-13-18)23-10-8-9-11-24(34-5)25(35-6)17-14-19(2)27-20(3)26(31)28(36-7)30(33,38-27)21(4)29(32)37-23/h12-17,19-21,23-28,31,33H,8-11H2,1-7H3/b17-14+/t19-,20-,21+,23-,24-,25+,26-,27-,28+,30+/m0/s1. The number of aliphatic hydroxyl groups is 2. The summed E-state index contributed by atoms with van der Waals surface area (Å²) in [6, 6.07) is 7.91. The van der Waals surface area contributed by atoms with E-state index in [9.17, 15) is 15.0 Å². The van der Waals surface area contributed by atoms with E-state index in [1.165, 1.54) is 7.11 Å². The van der Waals surface area contributed by atoms with Gasteiger partial charge >= 0.3 is 5.97 Å². The van der Waals surface area contributed by atoms with Crippen LogP contribution >= 0.6 is 0 Å². The summed E-state index contributed by atoms with van der Waals surface area (Å²) in [6.45, 7) is 7.37. The van der Waals surface area contributed by atoms with Crippen molar-refractivity contribution in [1.29, 1.82) is 0 Å². The highest BCUT2D eigenvalue weighted by atomic mass is 16.7. The van der Waals surface area contributed by atoms with Crippen LogP contribution < -0.4 is 0 Å². The zero-order valence-electron chi connectivity index (χ0n) is 23.8. The molecule has 1 fully saturated rings. The van der Waals surface area contributed by atoms with E-state index in [0.717, 1.165) is 30.4 Å². The Morgan fingerprint density at radius 2 is 1.61 bits per heavy atom. The number of aliphatic hydroxyl groups excluding tert-OH is 1. The molecule has 0 unspecified atom stereocenters. The van der Waals surface area contributed by atoms with Crippen LogP contribution in [0.2, 0.25) is 0 Å². The van der Waals surface area contributed by atoms with Crippen molar-refractivity contribution in [1.82, 2.24) is 0 Å². The second kappa shape index (κ2) is 13.5. The molecule has 0 aromatic heterocycles. The fourth-order valence-electron chi connectivity index (χ4n) is 5.68.